The highest BCUT2D eigenvalue weighted by Crippen LogP contribution is 2.19. The number of aryl methyl sites for hydroxylation is 1. The summed E-state index contributed by atoms with van der Waals surface area (Å²) in [4.78, 5) is 13.4. The average molecular weight is 381 g/mol. The van der Waals surface area contributed by atoms with E-state index in [1.807, 2.05) is 24.5 Å². The Morgan fingerprint density at radius 2 is 1.64 bits per heavy atom. The first-order valence-corrected chi connectivity index (χ1v) is 10.5. The summed E-state index contributed by atoms with van der Waals surface area (Å²) in [6.07, 6.45) is 12.3. The maximum absolute atomic E-state index is 6.11. The summed E-state index contributed by atoms with van der Waals surface area (Å²) in [7, 11) is 0. The Balaban J connectivity index is 1.54. The van der Waals surface area contributed by atoms with Crippen molar-refractivity contribution in [3.63, 3.8) is 0 Å². The molecule has 150 valence electrons. The number of unbranched alkanes of at least 4 members (excludes halogenated alkanes) is 7. The van der Waals surface area contributed by atoms with E-state index < -0.39 is 0 Å². The molecule has 0 saturated carbocycles. The maximum atomic E-state index is 6.11. The van der Waals surface area contributed by atoms with Gasteiger partial charge in [0.2, 0.25) is 5.95 Å². The Labute approximate surface area is 167 Å². The Kier molecular flexibility index (Phi) is 7.64. The zero-order valence-electron chi connectivity index (χ0n) is 16.9. The van der Waals surface area contributed by atoms with Crippen LogP contribution in [0.25, 0.3) is 11.2 Å². The van der Waals surface area contributed by atoms with Gasteiger partial charge in [0, 0.05) is 13.1 Å². The molecule has 2 heterocycles. The monoisotopic (exact) mass is 380 g/mol. The molecular formula is C22H32N6. The van der Waals surface area contributed by atoms with E-state index in [0.717, 1.165) is 18.6 Å². The van der Waals surface area contributed by atoms with E-state index in [1.54, 1.807) is 0 Å². The third kappa shape index (κ3) is 5.68. The zero-order valence-corrected chi connectivity index (χ0v) is 16.9. The number of imidazole rings is 1. The smallest absolute Gasteiger partial charge is 0.227 e. The molecule has 3 aromatic rings. The van der Waals surface area contributed by atoms with E-state index in [1.165, 1.54) is 50.5 Å². The van der Waals surface area contributed by atoms with Crippen molar-refractivity contribution in [3.8, 4) is 0 Å². The van der Waals surface area contributed by atoms with Crippen molar-refractivity contribution in [1.29, 1.82) is 0 Å². The lowest BCUT2D eigenvalue weighted by Gasteiger charge is -2.08. The van der Waals surface area contributed by atoms with Crippen molar-refractivity contribution in [2.75, 3.05) is 11.1 Å². The number of aromatic nitrogens is 4. The lowest BCUT2D eigenvalue weighted by Crippen LogP contribution is -2.07. The number of rotatable bonds is 12. The third-order valence-corrected chi connectivity index (χ3v) is 5.04. The van der Waals surface area contributed by atoms with Crippen LogP contribution in [0.3, 0.4) is 0 Å². The molecule has 0 aliphatic rings. The van der Waals surface area contributed by atoms with E-state index in [2.05, 4.69) is 43.9 Å². The topological polar surface area (TPSA) is 81.7 Å². The molecule has 0 radical (unpaired) electrons. The van der Waals surface area contributed by atoms with E-state index in [-0.39, 0.29) is 0 Å². The maximum Gasteiger partial charge on any atom is 0.227 e. The molecular weight excluding hydrogens is 348 g/mol. The van der Waals surface area contributed by atoms with Gasteiger partial charge >= 0.3 is 0 Å². The molecule has 3 N–H and O–H groups in total. The quantitative estimate of drug-likeness (QED) is 0.424. The Morgan fingerprint density at radius 3 is 2.39 bits per heavy atom. The Bertz CT molecular complexity index is 843. The van der Waals surface area contributed by atoms with Crippen molar-refractivity contribution in [3.05, 3.63) is 42.2 Å². The van der Waals surface area contributed by atoms with E-state index >= 15 is 0 Å². The summed E-state index contributed by atoms with van der Waals surface area (Å²) in [5.74, 6) is 0.974. The molecule has 0 atom stereocenters. The van der Waals surface area contributed by atoms with Crippen LogP contribution in [0, 0.1) is 0 Å². The molecule has 6 nitrogen and oxygen atoms in total. The van der Waals surface area contributed by atoms with Gasteiger partial charge in [-0.05, 0) is 12.0 Å². The Hall–Kier alpha value is -2.63. The van der Waals surface area contributed by atoms with Crippen LogP contribution < -0.4 is 11.1 Å². The highest BCUT2D eigenvalue weighted by Gasteiger charge is 2.11. The summed E-state index contributed by atoms with van der Waals surface area (Å²) < 4.78 is 2.10. The molecule has 28 heavy (non-hydrogen) atoms. The minimum absolute atomic E-state index is 0.426. The lowest BCUT2D eigenvalue weighted by atomic mass is 10.1. The summed E-state index contributed by atoms with van der Waals surface area (Å²) in [5, 5.41) is 3.27. The van der Waals surface area contributed by atoms with Crippen molar-refractivity contribution in [1.82, 2.24) is 19.5 Å². The molecule has 0 aliphatic carbocycles. The highest BCUT2D eigenvalue weighted by molar-refractivity contribution is 5.82. The van der Waals surface area contributed by atoms with Crippen molar-refractivity contribution >= 4 is 22.9 Å². The standard InChI is InChI=1S/C22H32N6/c1-2-3-4-5-6-7-8-12-15-28-17-25-19-20(23)26-22(27-21(19)28)24-16-18-13-10-9-11-14-18/h9-11,13-14,17H,2-8,12,15-16H2,1H3,(H3,23,24,26,27). The minimum Gasteiger partial charge on any atom is -0.382 e. The number of nitrogens with two attached hydrogens (primary N) is 1. The molecule has 0 amide bonds. The normalized spacial score (nSPS) is 11.2. The van der Waals surface area contributed by atoms with Gasteiger partial charge in [-0.1, -0.05) is 82.2 Å². The second-order valence-electron chi connectivity index (χ2n) is 7.36. The van der Waals surface area contributed by atoms with E-state index in [9.17, 15) is 0 Å². The molecule has 1 aromatic carbocycles. The van der Waals surface area contributed by atoms with E-state index in [0.29, 0.717) is 23.8 Å². The summed E-state index contributed by atoms with van der Waals surface area (Å²) in [6.45, 7) is 3.84. The van der Waals surface area contributed by atoms with Crippen LogP contribution in [-0.2, 0) is 13.1 Å². The van der Waals surface area contributed by atoms with Gasteiger partial charge in [0.25, 0.3) is 0 Å². The number of anilines is 2. The number of nitrogens with one attached hydrogen (secondary N) is 1. The van der Waals surface area contributed by atoms with E-state index in [4.69, 9.17) is 5.73 Å². The first-order chi connectivity index (χ1) is 13.8. The minimum atomic E-state index is 0.426. The summed E-state index contributed by atoms with van der Waals surface area (Å²) in [6, 6.07) is 10.2. The highest BCUT2D eigenvalue weighted by atomic mass is 15.2. The SMILES string of the molecule is CCCCCCCCCCn1cnc2c(N)nc(NCc3ccccc3)nc21. The number of nitrogen functional groups attached to an aromatic ring is 1. The van der Waals surface area contributed by atoms with Crippen molar-refractivity contribution in [2.24, 2.45) is 0 Å². The van der Waals surface area contributed by atoms with Crippen LogP contribution in [0.15, 0.2) is 36.7 Å². The molecule has 0 aliphatic heterocycles. The van der Waals surface area contributed by atoms with Gasteiger partial charge < -0.3 is 15.6 Å². The van der Waals surface area contributed by atoms with Crippen LogP contribution in [-0.4, -0.2) is 19.5 Å². The van der Waals surface area contributed by atoms with Gasteiger partial charge in [-0.15, -0.1) is 0 Å². The fraction of sp³-hybridized carbons (Fsp3) is 0.500. The van der Waals surface area contributed by atoms with Gasteiger partial charge in [0.15, 0.2) is 11.5 Å². The van der Waals surface area contributed by atoms with Crippen LogP contribution in [0.2, 0.25) is 0 Å². The van der Waals surface area contributed by atoms with Gasteiger partial charge in [-0.3, -0.25) is 0 Å². The lowest BCUT2D eigenvalue weighted by molar-refractivity contribution is 0.547. The second-order valence-corrected chi connectivity index (χ2v) is 7.36. The molecule has 0 unspecified atom stereocenters. The third-order valence-electron chi connectivity index (χ3n) is 5.04. The number of hydrogen-bond acceptors (Lipinski definition) is 5. The predicted molar refractivity (Wildman–Crippen MR) is 116 cm³/mol. The molecule has 0 fully saturated rings. The fourth-order valence-corrected chi connectivity index (χ4v) is 3.40. The largest absolute Gasteiger partial charge is 0.382 e. The van der Waals surface area contributed by atoms with Crippen LogP contribution in [0.4, 0.5) is 11.8 Å². The van der Waals surface area contributed by atoms with Gasteiger partial charge in [-0.2, -0.15) is 9.97 Å². The molecule has 0 spiro atoms. The number of nitrogens with zero attached hydrogens (tertiary/aromatic N) is 4. The number of fused-ring (bicyclic) bond motifs is 1. The first-order valence-electron chi connectivity index (χ1n) is 10.5. The van der Waals surface area contributed by atoms with Gasteiger partial charge in [0.05, 0.1) is 6.33 Å². The molecule has 6 heteroatoms. The average Bonchev–Trinajstić information content (AvgIpc) is 3.13. The molecule has 0 bridgehead atoms. The second kappa shape index (κ2) is 10.6. The van der Waals surface area contributed by atoms with Crippen LogP contribution >= 0.6 is 0 Å². The number of hydrogen-bond donors (Lipinski definition) is 2. The van der Waals surface area contributed by atoms with Gasteiger partial charge in [0.1, 0.15) is 5.52 Å². The predicted octanol–water partition coefficient (Wildman–Crippen LogP) is 5.16. The fourth-order valence-electron chi connectivity index (χ4n) is 3.40. The molecule has 2 aromatic heterocycles. The first kappa shape index (κ1) is 20.1. The van der Waals surface area contributed by atoms with Crippen molar-refractivity contribution in [2.45, 2.75) is 71.4 Å². The zero-order chi connectivity index (χ0) is 19.6. The summed E-state index contributed by atoms with van der Waals surface area (Å²) >= 11 is 0. The molecule has 3 rings (SSSR count). The van der Waals surface area contributed by atoms with Crippen molar-refractivity contribution < 1.29 is 0 Å². The van der Waals surface area contributed by atoms with Crippen LogP contribution in [0.1, 0.15) is 63.9 Å². The van der Waals surface area contributed by atoms with Crippen LogP contribution in [0.5, 0.6) is 0 Å². The summed E-state index contributed by atoms with van der Waals surface area (Å²) in [5.41, 5.74) is 8.78. The van der Waals surface area contributed by atoms with Gasteiger partial charge in [-0.25, -0.2) is 4.98 Å². The molecule has 0 saturated heterocycles. The Morgan fingerprint density at radius 1 is 0.929 bits per heavy atom. The number of benzene rings is 1.